The SMILES string of the molecule is CCC(CC)C(C)Nc1cccc(Cl)c1[N+](=O)[O-]. The van der Waals surface area contributed by atoms with E-state index in [0.717, 1.165) is 12.8 Å². The maximum Gasteiger partial charge on any atom is 0.310 e. The molecule has 0 saturated heterocycles. The molecule has 18 heavy (non-hydrogen) atoms. The lowest BCUT2D eigenvalue weighted by atomic mass is 9.95. The fourth-order valence-corrected chi connectivity index (χ4v) is 2.42. The molecular formula is C13H19ClN2O2. The summed E-state index contributed by atoms with van der Waals surface area (Å²) in [6.07, 6.45) is 2.08. The maximum atomic E-state index is 11.0. The monoisotopic (exact) mass is 270 g/mol. The average Bonchev–Trinajstić information content (AvgIpc) is 2.30. The van der Waals surface area contributed by atoms with Crippen molar-refractivity contribution in [3.63, 3.8) is 0 Å². The zero-order valence-electron chi connectivity index (χ0n) is 10.9. The molecule has 1 aromatic carbocycles. The van der Waals surface area contributed by atoms with Crippen LogP contribution >= 0.6 is 11.6 Å². The molecule has 0 fully saturated rings. The lowest BCUT2D eigenvalue weighted by Gasteiger charge is -2.23. The normalized spacial score (nSPS) is 12.5. The second-order valence-electron chi connectivity index (χ2n) is 4.40. The molecule has 1 aromatic rings. The number of nitrogens with zero attached hydrogens (tertiary/aromatic N) is 1. The first-order valence-corrected chi connectivity index (χ1v) is 6.58. The molecule has 1 rings (SSSR count). The highest BCUT2D eigenvalue weighted by Gasteiger charge is 2.21. The molecule has 0 amide bonds. The van der Waals surface area contributed by atoms with E-state index in [4.69, 9.17) is 11.6 Å². The zero-order valence-corrected chi connectivity index (χ0v) is 11.7. The van der Waals surface area contributed by atoms with Gasteiger partial charge in [-0.15, -0.1) is 0 Å². The Kier molecular flexibility index (Phi) is 5.41. The van der Waals surface area contributed by atoms with Gasteiger partial charge in [0.05, 0.1) is 4.92 Å². The van der Waals surface area contributed by atoms with Crippen molar-refractivity contribution in [3.8, 4) is 0 Å². The molecule has 1 unspecified atom stereocenters. The van der Waals surface area contributed by atoms with Crippen molar-refractivity contribution >= 4 is 23.0 Å². The summed E-state index contributed by atoms with van der Waals surface area (Å²) in [5.41, 5.74) is 0.448. The molecule has 100 valence electrons. The summed E-state index contributed by atoms with van der Waals surface area (Å²) in [5, 5.41) is 14.4. The molecule has 0 spiro atoms. The van der Waals surface area contributed by atoms with E-state index in [2.05, 4.69) is 19.2 Å². The van der Waals surface area contributed by atoms with E-state index in [0.29, 0.717) is 11.6 Å². The number of anilines is 1. The van der Waals surface area contributed by atoms with E-state index < -0.39 is 4.92 Å². The largest absolute Gasteiger partial charge is 0.377 e. The Hall–Kier alpha value is -1.29. The third-order valence-electron chi connectivity index (χ3n) is 3.31. The summed E-state index contributed by atoms with van der Waals surface area (Å²) >= 11 is 5.87. The van der Waals surface area contributed by atoms with E-state index in [1.54, 1.807) is 12.1 Å². The van der Waals surface area contributed by atoms with Crippen LogP contribution in [-0.4, -0.2) is 11.0 Å². The first-order chi connectivity index (χ1) is 8.51. The van der Waals surface area contributed by atoms with Crippen molar-refractivity contribution in [1.29, 1.82) is 0 Å². The van der Waals surface area contributed by atoms with Crippen molar-refractivity contribution in [3.05, 3.63) is 33.3 Å². The molecule has 0 aliphatic heterocycles. The second kappa shape index (κ2) is 6.59. The van der Waals surface area contributed by atoms with Gasteiger partial charge in [-0.3, -0.25) is 10.1 Å². The van der Waals surface area contributed by atoms with Gasteiger partial charge in [-0.05, 0) is 25.0 Å². The highest BCUT2D eigenvalue weighted by molar-refractivity contribution is 6.33. The van der Waals surface area contributed by atoms with Crippen LogP contribution in [0.3, 0.4) is 0 Å². The van der Waals surface area contributed by atoms with Gasteiger partial charge in [0.2, 0.25) is 0 Å². The molecule has 0 bridgehead atoms. The van der Waals surface area contributed by atoms with Gasteiger partial charge in [0.15, 0.2) is 0 Å². The van der Waals surface area contributed by atoms with Crippen LogP contribution in [-0.2, 0) is 0 Å². The minimum absolute atomic E-state index is 0.0445. The number of hydrogen-bond donors (Lipinski definition) is 1. The summed E-state index contributed by atoms with van der Waals surface area (Å²) in [6.45, 7) is 6.29. The van der Waals surface area contributed by atoms with Crippen LogP contribution < -0.4 is 5.32 Å². The van der Waals surface area contributed by atoms with Crippen molar-refractivity contribution in [2.75, 3.05) is 5.32 Å². The topological polar surface area (TPSA) is 55.2 Å². The van der Waals surface area contributed by atoms with E-state index in [-0.39, 0.29) is 16.8 Å². The van der Waals surface area contributed by atoms with Crippen LogP contribution in [0.2, 0.25) is 5.02 Å². The molecule has 0 aromatic heterocycles. The summed E-state index contributed by atoms with van der Waals surface area (Å²) in [5.74, 6) is 0.489. The van der Waals surface area contributed by atoms with Crippen molar-refractivity contribution in [2.24, 2.45) is 5.92 Å². The van der Waals surface area contributed by atoms with E-state index in [9.17, 15) is 10.1 Å². The van der Waals surface area contributed by atoms with Gasteiger partial charge < -0.3 is 5.32 Å². The van der Waals surface area contributed by atoms with Crippen molar-refractivity contribution < 1.29 is 4.92 Å². The molecule has 1 N–H and O–H groups in total. The Labute approximate surface area is 112 Å². The zero-order chi connectivity index (χ0) is 13.7. The van der Waals surface area contributed by atoms with E-state index >= 15 is 0 Å². The number of nitrogens with one attached hydrogen (secondary N) is 1. The Morgan fingerprint density at radius 1 is 1.39 bits per heavy atom. The fraction of sp³-hybridized carbons (Fsp3) is 0.538. The Morgan fingerprint density at radius 3 is 2.50 bits per heavy atom. The fourth-order valence-electron chi connectivity index (χ4n) is 2.18. The highest BCUT2D eigenvalue weighted by atomic mass is 35.5. The molecule has 5 heteroatoms. The minimum atomic E-state index is -0.440. The number of rotatable bonds is 6. The first-order valence-electron chi connectivity index (χ1n) is 6.20. The maximum absolute atomic E-state index is 11.0. The molecule has 0 saturated carbocycles. The number of nitro benzene ring substituents is 1. The number of nitro groups is 1. The number of para-hydroxylation sites is 1. The quantitative estimate of drug-likeness (QED) is 0.612. The van der Waals surface area contributed by atoms with Crippen LogP contribution in [0.25, 0.3) is 0 Å². The van der Waals surface area contributed by atoms with Crippen molar-refractivity contribution in [1.82, 2.24) is 0 Å². The molecule has 0 aliphatic rings. The van der Waals surface area contributed by atoms with Gasteiger partial charge >= 0.3 is 5.69 Å². The lowest BCUT2D eigenvalue weighted by Crippen LogP contribution is -2.25. The van der Waals surface area contributed by atoms with Gasteiger partial charge in [0, 0.05) is 6.04 Å². The summed E-state index contributed by atoms with van der Waals surface area (Å²) in [6, 6.07) is 5.13. The average molecular weight is 271 g/mol. The standard InChI is InChI=1S/C13H19ClN2O2/c1-4-10(5-2)9(3)15-12-8-6-7-11(14)13(12)16(17)18/h6-10,15H,4-5H2,1-3H3. The number of hydrogen-bond acceptors (Lipinski definition) is 3. The van der Waals surface area contributed by atoms with Crippen LogP contribution in [0, 0.1) is 16.0 Å². The third kappa shape index (κ3) is 3.35. The number of benzene rings is 1. The van der Waals surface area contributed by atoms with Gasteiger partial charge in [-0.2, -0.15) is 0 Å². The van der Waals surface area contributed by atoms with Gasteiger partial charge in [0.1, 0.15) is 10.7 Å². The molecule has 4 nitrogen and oxygen atoms in total. The third-order valence-corrected chi connectivity index (χ3v) is 3.61. The van der Waals surface area contributed by atoms with E-state index in [1.807, 2.05) is 6.92 Å². The predicted octanol–water partition coefficient (Wildman–Crippen LogP) is 4.48. The van der Waals surface area contributed by atoms with Crippen LogP contribution in [0.15, 0.2) is 18.2 Å². The highest BCUT2D eigenvalue weighted by Crippen LogP contribution is 2.33. The second-order valence-corrected chi connectivity index (χ2v) is 4.81. The van der Waals surface area contributed by atoms with Gasteiger partial charge in [-0.25, -0.2) is 0 Å². The number of halogens is 1. The molecule has 0 heterocycles. The Bertz CT molecular complexity index is 419. The summed E-state index contributed by atoms with van der Waals surface area (Å²) < 4.78 is 0. The van der Waals surface area contributed by atoms with E-state index in [1.165, 1.54) is 6.07 Å². The lowest BCUT2D eigenvalue weighted by molar-refractivity contribution is -0.383. The van der Waals surface area contributed by atoms with Crippen LogP contribution in [0.5, 0.6) is 0 Å². The van der Waals surface area contributed by atoms with Gasteiger partial charge in [0.25, 0.3) is 0 Å². The van der Waals surface area contributed by atoms with Crippen LogP contribution in [0.4, 0.5) is 11.4 Å². The smallest absolute Gasteiger partial charge is 0.310 e. The van der Waals surface area contributed by atoms with Crippen molar-refractivity contribution in [2.45, 2.75) is 39.7 Å². The Balaban J connectivity index is 2.97. The van der Waals surface area contributed by atoms with Crippen LogP contribution in [0.1, 0.15) is 33.6 Å². The first kappa shape index (κ1) is 14.8. The molecule has 0 aliphatic carbocycles. The minimum Gasteiger partial charge on any atom is -0.377 e. The van der Waals surface area contributed by atoms with Gasteiger partial charge in [-0.1, -0.05) is 44.4 Å². The Morgan fingerprint density at radius 2 is 2.00 bits per heavy atom. The predicted molar refractivity (Wildman–Crippen MR) is 75.3 cm³/mol. The molecule has 0 radical (unpaired) electrons. The molecular weight excluding hydrogens is 252 g/mol. The summed E-state index contributed by atoms with van der Waals surface area (Å²) in [4.78, 5) is 10.6. The summed E-state index contributed by atoms with van der Waals surface area (Å²) in [7, 11) is 0. The molecule has 1 atom stereocenters.